The molecule has 8 heteroatoms. The average molecular weight is 445 g/mol. The number of nitrogens with zero attached hydrogens (tertiary/aromatic N) is 2. The first-order valence-electron chi connectivity index (χ1n) is 11.1. The van der Waals surface area contributed by atoms with E-state index in [1.165, 1.54) is 5.57 Å². The largest absolute Gasteiger partial charge is 0.470 e. The second-order valence-corrected chi connectivity index (χ2v) is 8.51. The summed E-state index contributed by atoms with van der Waals surface area (Å²) in [5.41, 5.74) is 5.87. The number of rotatable bonds is 4. The Hall–Kier alpha value is -3.22. The number of nitriles is 1. The van der Waals surface area contributed by atoms with Crippen LogP contribution in [0.4, 0.5) is 0 Å². The van der Waals surface area contributed by atoms with Crippen molar-refractivity contribution in [3.8, 4) is 23.2 Å². The highest BCUT2D eigenvalue weighted by Gasteiger charge is 2.48. The van der Waals surface area contributed by atoms with Crippen LogP contribution in [0.15, 0.2) is 42.5 Å². The first-order chi connectivity index (χ1) is 16.2. The van der Waals surface area contributed by atoms with Gasteiger partial charge in [0, 0.05) is 11.6 Å². The number of aromatic nitrogens is 2. The van der Waals surface area contributed by atoms with Gasteiger partial charge in [-0.25, -0.2) is 4.98 Å². The van der Waals surface area contributed by atoms with Gasteiger partial charge < -0.3 is 29.0 Å². The molecule has 33 heavy (non-hydrogen) atoms. The van der Waals surface area contributed by atoms with E-state index in [2.05, 4.69) is 29.3 Å². The molecule has 3 unspecified atom stereocenters. The second kappa shape index (κ2) is 8.28. The Morgan fingerprint density at radius 3 is 2.70 bits per heavy atom. The lowest BCUT2D eigenvalue weighted by Gasteiger charge is -2.16. The predicted molar refractivity (Wildman–Crippen MR) is 120 cm³/mol. The van der Waals surface area contributed by atoms with E-state index in [0.29, 0.717) is 35.9 Å². The Morgan fingerprint density at radius 1 is 1.09 bits per heavy atom. The molecule has 8 nitrogen and oxygen atoms in total. The van der Waals surface area contributed by atoms with Crippen LogP contribution in [-0.2, 0) is 14.2 Å². The summed E-state index contributed by atoms with van der Waals surface area (Å²) in [7, 11) is 0. The first-order valence-corrected chi connectivity index (χ1v) is 11.1. The Kier molecular flexibility index (Phi) is 5.12. The highest BCUT2D eigenvalue weighted by atomic mass is 16.6. The third-order valence-corrected chi connectivity index (χ3v) is 6.45. The molecular formula is C25H23N3O5. The number of hydrogen-bond donors (Lipinski definition) is 2. The summed E-state index contributed by atoms with van der Waals surface area (Å²) < 4.78 is 22.7. The van der Waals surface area contributed by atoms with Crippen molar-refractivity contribution in [1.82, 2.24) is 9.97 Å². The fraction of sp³-hybridized carbons (Fsp3) is 0.360. The molecule has 0 amide bonds. The van der Waals surface area contributed by atoms with Crippen molar-refractivity contribution in [1.29, 1.82) is 5.26 Å². The van der Waals surface area contributed by atoms with Crippen molar-refractivity contribution in [2.45, 2.75) is 30.8 Å². The van der Waals surface area contributed by atoms with E-state index in [0.717, 1.165) is 29.7 Å². The van der Waals surface area contributed by atoms with Crippen LogP contribution in [0, 0.1) is 11.3 Å². The van der Waals surface area contributed by atoms with Crippen molar-refractivity contribution < 1.29 is 24.1 Å². The highest BCUT2D eigenvalue weighted by molar-refractivity contribution is 5.84. The maximum Gasteiger partial charge on any atom is 0.193 e. The normalized spacial score (nSPS) is 26.7. The molecule has 3 aromatic rings. The minimum absolute atomic E-state index is 0.252. The molecule has 168 valence electrons. The molecule has 3 aliphatic rings. The molecule has 2 aromatic heterocycles. The Labute approximate surface area is 190 Å². The average Bonchev–Trinajstić information content (AvgIpc) is 3.55. The van der Waals surface area contributed by atoms with Gasteiger partial charge in [-0.3, -0.25) is 0 Å². The Morgan fingerprint density at radius 2 is 1.91 bits per heavy atom. The van der Waals surface area contributed by atoms with Gasteiger partial charge in [0.1, 0.15) is 24.4 Å². The molecule has 0 spiro atoms. The van der Waals surface area contributed by atoms with Gasteiger partial charge >= 0.3 is 0 Å². The number of nitrogens with one attached hydrogen (secondary N) is 1. The van der Waals surface area contributed by atoms with Gasteiger partial charge in [0.05, 0.1) is 48.7 Å². The first kappa shape index (κ1) is 20.4. The maximum atomic E-state index is 9.92. The molecule has 2 N–H and O–H groups in total. The van der Waals surface area contributed by atoms with Crippen molar-refractivity contribution in [2.75, 3.05) is 26.4 Å². The smallest absolute Gasteiger partial charge is 0.193 e. The summed E-state index contributed by atoms with van der Waals surface area (Å²) in [5.74, 6) is 0.527. The molecule has 6 rings (SSSR count). The minimum atomic E-state index is -0.622. The molecule has 2 saturated heterocycles. The van der Waals surface area contributed by atoms with Gasteiger partial charge in [-0.1, -0.05) is 30.3 Å². The standard InChI is InChI=1S/C25H23N3O5/c26-11-17-9-18-19(10-22(27-18)33-21-13-32-24-20(29)12-31-25(21)24)28-23(17)16-3-1-14(2-4-16)15-5-7-30-8-6-15/h1-5,9-10,20-21,24-25,27,29H,6-8,12-13H2/t20?,21?,24?,25-/m1/s1. The number of aliphatic hydroxyl groups excluding tert-OH is 1. The van der Waals surface area contributed by atoms with Gasteiger partial charge in [-0.05, 0) is 23.6 Å². The molecular weight excluding hydrogens is 422 g/mol. The van der Waals surface area contributed by atoms with Crippen LogP contribution in [-0.4, -0.2) is 65.9 Å². The zero-order chi connectivity index (χ0) is 22.4. The zero-order valence-corrected chi connectivity index (χ0v) is 17.9. The van der Waals surface area contributed by atoms with Gasteiger partial charge in [-0.2, -0.15) is 5.26 Å². The van der Waals surface area contributed by atoms with Crippen molar-refractivity contribution >= 4 is 16.6 Å². The van der Waals surface area contributed by atoms with Crippen LogP contribution in [0.25, 0.3) is 27.9 Å². The van der Waals surface area contributed by atoms with Crippen molar-refractivity contribution in [3.63, 3.8) is 0 Å². The quantitative estimate of drug-likeness (QED) is 0.635. The van der Waals surface area contributed by atoms with Gasteiger partial charge in [0.25, 0.3) is 0 Å². The van der Waals surface area contributed by atoms with E-state index in [1.54, 1.807) is 6.07 Å². The summed E-state index contributed by atoms with van der Waals surface area (Å²) in [6.45, 7) is 1.98. The number of aliphatic hydroxyl groups is 1. The lowest BCUT2D eigenvalue weighted by atomic mass is 9.98. The zero-order valence-electron chi connectivity index (χ0n) is 17.9. The van der Waals surface area contributed by atoms with Crippen LogP contribution in [0.1, 0.15) is 17.5 Å². The molecule has 3 aliphatic heterocycles. The van der Waals surface area contributed by atoms with Crippen LogP contribution in [0.5, 0.6) is 5.88 Å². The van der Waals surface area contributed by atoms with Crippen LogP contribution < -0.4 is 4.74 Å². The summed E-state index contributed by atoms with van der Waals surface area (Å²) in [6, 6.07) is 14.0. The van der Waals surface area contributed by atoms with Crippen molar-refractivity contribution in [2.24, 2.45) is 0 Å². The van der Waals surface area contributed by atoms with Crippen LogP contribution in [0.2, 0.25) is 0 Å². The fourth-order valence-electron chi connectivity index (χ4n) is 4.74. The Balaban J connectivity index is 1.28. The number of fused-ring (bicyclic) bond motifs is 2. The lowest BCUT2D eigenvalue weighted by molar-refractivity contribution is 0.00794. The number of H-pyrrole nitrogens is 1. The van der Waals surface area contributed by atoms with E-state index >= 15 is 0 Å². The molecule has 0 radical (unpaired) electrons. The minimum Gasteiger partial charge on any atom is -0.470 e. The summed E-state index contributed by atoms with van der Waals surface area (Å²) in [5, 5.41) is 19.7. The molecule has 2 fully saturated rings. The van der Waals surface area contributed by atoms with E-state index in [9.17, 15) is 10.4 Å². The highest BCUT2D eigenvalue weighted by Crippen LogP contribution is 2.32. The van der Waals surface area contributed by atoms with E-state index < -0.39 is 6.10 Å². The van der Waals surface area contributed by atoms with E-state index in [-0.39, 0.29) is 24.9 Å². The second-order valence-electron chi connectivity index (χ2n) is 8.51. The third kappa shape index (κ3) is 3.69. The van der Waals surface area contributed by atoms with Crippen LogP contribution >= 0.6 is 0 Å². The Bertz CT molecular complexity index is 1260. The number of ether oxygens (including phenoxy) is 4. The number of aromatic amines is 1. The summed E-state index contributed by atoms with van der Waals surface area (Å²) in [4.78, 5) is 7.95. The lowest BCUT2D eigenvalue weighted by Crippen LogP contribution is -2.34. The van der Waals surface area contributed by atoms with Crippen molar-refractivity contribution in [3.05, 3.63) is 53.6 Å². The van der Waals surface area contributed by atoms with Gasteiger partial charge in [0.15, 0.2) is 12.0 Å². The molecule has 0 bridgehead atoms. The molecule has 0 aliphatic carbocycles. The maximum absolute atomic E-state index is 9.92. The summed E-state index contributed by atoms with van der Waals surface area (Å²) in [6.07, 6.45) is 1.42. The van der Waals surface area contributed by atoms with Gasteiger partial charge in [-0.15, -0.1) is 0 Å². The number of pyridine rings is 1. The van der Waals surface area contributed by atoms with E-state index in [4.69, 9.17) is 23.9 Å². The third-order valence-electron chi connectivity index (χ3n) is 6.45. The van der Waals surface area contributed by atoms with Crippen LogP contribution in [0.3, 0.4) is 0 Å². The molecule has 5 heterocycles. The topological polar surface area (TPSA) is 110 Å². The van der Waals surface area contributed by atoms with E-state index in [1.807, 2.05) is 18.2 Å². The fourth-order valence-corrected chi connectivity index (χ4v) is 4.74. The number of hydrogen-bond acceptors (Lipinski definition) is 7. The monoisotopic (exact) mass is 445 g/mol. The van der Waals surface area contributed by atoms with Gasteiger partial charge in [0.2, 0.25) is 0 Å². The molecule has 4 atom stereocenters. The molecule has 0 saturated carbocycles. The SMILES string of the molecule is N#Cc1cc2[nH]c(OC3COC4C(O)CO[C@H]34)cc2nc1-c1ccc(C2=CCOCC2)cc1. The number of benzene rings is 1. The summed E-state index contributed by atoms with van der Waals surface area (Å²) >= 11 is 0. The molecule has 1 aromatic carbocycles. The predicted octanol–water partition coefficient (Wildman–Crippen LogP) is 2.81.